The quantitative estimate of drug-likeness (QED) is 0.473. The maximum absolute atomic E-state index is 12.4. The van der Waals surface area contributed by atoms with Crippen molar-refractivity contribution >= 4 is 38.8 Å². The fourth-order valence-electron chi connectivity index (χ4n) is 2.54. The Labute approximate surface area is 170 Å². The molecule has 2 aromatic heterocycles. The van der Waals surface area contributed by atoms with Crippen LogP contribution in [0.3, 0.4) is 0 Å². The van der Waals surface area contributed by atoms with Crippen LogP contribution in [0.25, 0.3) is 0 Å². The second-order valence-electron chi connectivity index (χ2n) is 5.99. The number of nitrogens with one attached hydrogen (secondary N) is 2. The first-order valence-corrected chi connectivity index (χ1v) is 10.4. The van der Waals surface area contributed by atoms with Crippen molar-refractivity contribution in [1.82, 2.24) is 15.2 Å². The number of benzene rings is 2. The van der Waals surface area contributed by atoms with Gasteiger partial charge < -0.3 is 5.32 Å². The van der Waals surface area contributed by atoms with E-state index in [2.05, 4.69) is 25.8 Å². The molecule has 0 aliphatic heterocycles. The zero-order chi connectivity index (χ0) is 19.2. The molecule has 0 saturated heterocycles. The third-order valence-corrected chi connectivity index (χ3v) is 5.55. The zero-order valence-corrected chi connectivity index (χ0v) is 16.5. The van der Waals surface area contributed by atoms with Gasteiger partial charge in [0, 0.05) is 18.3 Å². The lowest BCUT2D eigenvalue weighted by Crippen LogP contribution is -2.12. The SMILES string of the molecule is O=C(Nc1nnc(Cc2ccccc2)s1)c1csc(NCc2ccccc2)n1. The molecule has 28 heavy (non-hydrogen) atoms. The van der Waals surface area contributed by atoms with Crippen LogP contribution in [0.4, 0.5) is 10.3 Å². The molecule has 8 heteroatoms. The Balaban J connectivity index is 1.33. The lowest BCUT2D eigenvalue weighted by atomic mass is 10.2. The summed E-state index contributed by atoms with van der Waals surface area (Å²) in [5.41, 5.74) is 2.68. The Morgan fingerprint density at radius 2 is 1.61 bits per heavy atom. The molecule has 0 bridgehead atoms. The van der Waals surface area contributed by atoms with Crippen LogP contribution < -0.4 is 10.6 Å². The largest absolute Gasteiger partial charge is 0.357 e. The molecule has 0 spiro atoms. The molecule has 4 rings (SSSR count). The van der Waals surface area contributed by atoms with Crippen LogP contribution in [0.1, 0.15) is 26.6 Å². The monoisotopic (exact) mass is 407 g/mol. The summed E-state index contributed by atoms with van der Waals surface area (Å²) in [6, 6.07) is 20.1. The van der Waals surface area contributed by atoms with Gasteiger partial charge in [0.1, 0.15) is 10.7 Å². The van der Waals surface area contributed by atoms with Gasteiger partial charge in [-0.05, 0) is 11.1 Å². The van der Waals surface area contributed by atoms with E-state index in [1.807, 2.05) is 60.7 Å². The summed E-state index contributed by atoms with van der Waals surface area (Å²) in [6.45, 7) is 0.661. The molecule has 2 aromatic carbocycles. The van der Waals surface area contributed by atoms with Crippen LogP contribution >= 0.6 is 22.7 Å². The van der Waals surface area contributed by atoms with Crippen LogP contribution in [-0.2, 0) is 13.0 Å². The van der Waals surface area contributed by atoms with Crippen molar-refractivity contribution in [2.24, 2.45) is 0 Å². The second-order valence-corrected chi connectivity index (χ2v) is 7.91. The summed E-state index contributed by atoms with van der Waals surface area (Å²) in [5, 5.41) is 18.0. The molecule has 0 unspecified atom stereocenters. The van der Waals surface area contributed by atoms with Gasteiger partial charge in [0.25, 0.3) is 5.91 Å². The number of anilines is 2. The maximum Gasteiger partial charge on any atom is 0.277 e. The third-order valence-electron chi connectivity index (χ3n) is 3.91. The Bertz CT molecular complexity index is 1050. The molecule has 6 nitrogen and oxygen atoms in total. The van der Waals surface area contributed by atoms with Gasteiger partial charge in [0.2, 0.25) is 5.13 Å². The lowest BCUT2D eigenvalue weighted by molar-refractivity contribution is 0.102. The molecule has 2 heterocycles. The number of hydrogen-bond acceptors (Lipinski definition) is 7. The van der Waals surface area contributed by atoms with Gasteiger partial charge in [-0.3, -0.25) is 10.1 Å². The first-order valence-electron chi connectivity index (χ1n) is 8.67. The van der Waals surface area contributed by atoms with E-state index in [0.717, 1.165) is 16.1 Å². The van der Waals surface area contributed by atoms with E-state index < -0.39 is 0 Å². The highest BCUT2D eigenvalue weighted by Gasteiger charge is 2.14. The van der Waals surface area contributed by atoms with E-state index in [1.54, 1.807) is 5.38 Å². The van der Waals surface area contributed by atoms with Crippen molar-refractivity contribution in [2.45, 2.75) is 13.0 Å². The van der Waals surface area contributed by atoms with Crippen molar-refractivity contribution < 1.29 is 4.79 Å². The van der Waals surface area contributed by atoms with Gasteiger partial charge in [-0.15, -0.1) is 21.5 Å². The van der Waals surface area contributed by atoms with Gasteiger partial charge in [-0.25, -0.2) is 4.98 Å². The number of carbonyl (C=O) groups excluding carboxylic acids is 1. The standard InChI is InChI=1S/C20H17N5OS2/c26-18(16-13-27-19(22-16)21-12-15-9-5-2-6-10-15)23-20-25-24-17(28-20)11-14-7-3-1-4-8-14/h1-10,13H,11-12H2,(H,21,22)(H,23,25,26). The minimum absolute atomic E-state index is 0.286. The average molecular weight is 408 g/mol. The first-order chi connectivity index (χ1) is 13.8. The van der Waals surface area contributed by atoms with Gasteiger partial charge in [-0.2, -0.15) is 0 Å². The number of rotatable bonds is 7. The summed E-state index contributed by atoms with van der Waals surface area (Å²) in [6.07, 6.45) is 0.693. The molecule has 2 N–H and O–H groups in total. The van der Waals surface area contributed by atoms with Crippen LogP contribution in [0.2, 0.25) is 0 Å². The fraction of sp³-hybridized carbons (Fsp3) is 0.100. The molecule has 0 radical (unpaired) electrons. The van der Waals surface area contributed by atoms with E-state index in [0.29, 0.717) is 28.9 Å². The van der Waals surface area contributed by atoms with Crippen LogP contribution in [0, 0.1) is 0 Å². The van der Waals surface area contributed by atoms with Crippen molar-refractivity contribution in [3.8, 4) is 0 Å². The summed E-state index contributed by atoms with van der Waals surface area (Å²) in [5.74, 6) is -0.286. The molecular formula is C20H17N5OS2. The summed E-state index contributed by atoms with van der Waals surface area (Å²) >= 11 is 2.77. The van der Waals surface area contributed by atoms with Crippen molar-refractivity contribution in [3.63, 3.8) is 0 Å². The molecular weight excluding hydrogens is 390 g/mol. The average Bonchev–Trinajstić information content (AvgIpc) is 3.38. The zero-order valence-electron chi connectivity index (χ0n) is 14.8. The number of carbonyl (C=O) groups is 1. The minimum atomic E-state index is -0.286. The molecule has 140 valence electrons. The van der Waals surface area contributed by atoms with Crippen molar-refractivity contribution in [2.75, 3.05) is 10.6 Å². The number of aromatic nitrogens is 3. The van der Waals surface area contributed by atoms with E-state index in [1.165, 1.54) is 22.7 Å². The minimum Gasteiger partial charge on any atom is -0.357 e. The highest BCUT2D eigenvalue weighted by Crippen LogP contribution is 2.21. The first kappa shape index (κ1) is 18.3. The molecule has 4 aromatic rings. The Hall–Kier alpha value is -3.10. The van der Waals surface area contributed by atoms with Gasteiger partial charge in [-0.1, -0.05) is 72.0 Å². The lowest BCUT2D eigenvalue weighted by Gasteiger charge is -2.02. The number of hydrogen-bond donors (Lipinski definition) is 2. The molecule has 1 amide bonds. The fourth-order valence-corrected chi connectivity index (χ4v) is 4.00. The second kappa shape index (κ2) is 8.73. The predicted molar refractivity (Wildman–Crippen MR) is 113 cm³/mol. The van der Waals surface area contributed by atoms with Crippen LogP contribution in [-0.4, -0.2) is 21.1 Å². The van der Waals surface area contributed by atoms with E-state index in [-0.39, 0.29) is 5.91 Å². The predicted octanol–water partition coefficient (Wildman–Crippen LogP) is 4.45. The number of amides is 1. The van der Waals surface area contributed by atoms with Crippen LogP contribution in [0.15, 0.2) is 66.0 Å². The maximum atomic E-state index is 12.4. The Kier molecular flexibility index (Phi) is 5.69. The molecule has 0 fully saturated rings. The van der Waals surface area contributed by atoms with Crippen LogP contribution in [0.5, 0.6) is 0 Å². The van der Waals surface area contributed by atoms with E-state index >= 15 is 0 Å². The Morgan fingerprint density at radius 3 is 2.36 bits per heavy atom. The van der Waals surface area contributed by atoms with E-state index in [4.69, 9.17) is 0 Å². The molecule has 0 atom stereocenters. The van der Waals surface area contributed by atoms with Gasteiger partial charge >= 0.3 is 0 Å². The van der Waals surface area contributed by atoms with E-state index in [9.17, 15) is 4.79 Å². The topological polar surface area (TPSA) is 79.8 Å². The molecule has 0 aliphatic carbocycles. The Morgan fingerprint density at radius 1 is 0.893 bits per heavy atom. The molecule has 0 saturated carbocycles. The highest BCUT2D eigenvalue weighted by atomic mass is 32.1. The highest BCUT2D eigenvalue weighted by molar-refractivity contribution is 7.15. The van der Waals surface area contributed by atoms with Crippen molar-refractivity contribution in [3.05, 3.63) is 87.9 Å². The number of thiazole rings is 1. The number of nitrogens with zero attached hydrogens (tertiary/aromatic N) is 3. The summed E-state index contributed by atoms with van der Waals surface area (Å²) in [4.78, 5) is 16.8. The summed E-state index contributed by atoms with van der Waals surface area (Å²) in [7, 11) is 0. The van der Waals surface area contributed by atoms with Gasteiger partial charge in [0.15, 0.2) is 5.13 Å². The smallest absolute Gasteiger partial charge is 0.277 e. The molecule has 0 aliphatic rings. The normalized spacial score (nSPS) is 10.6. The third kappa shape index (κ3) is 4.79. The van der Waals surface area contributed by atoms with Gasteiger partial charge in [0.05, 0.1) is 0 Å². The summed E-state index contributed by atoms with van der Waals surface area (Å²) < 4.78 is 0. The van der Waals surface area contributed by atoms with Crippen molar-refractivity contribution in [1.29, 1.82) is 0 Å².